The van der Waals surface area contributed by atoms with Crippen molar-refractivity contribution in [1.29, 1.82) is 5.26 Å². The molecular weight excluding hydrogens is 428 g/mol. The number of nitrogens with zero attached hydrogens (tertiary/aromatic N) is 4. The largest absolute Gasteiger partial charge is 0.389 e. The lowest BCUT2D eigenvalue weighted by molar-refractivity contribution is -0.297. The molecule has 0 amide bonds. The van der Waals surface area contributed by atoms with Crippen LogP contribution in [0.5, 0.6) is 0 Å². The van der Waals surface area contributed by atoms with Crippen LogP contribution in [0.15, 0.2) is 58.5 Å². The molecule has 2 heterocycles. The fourth-order valence-corrected chi connectivity index (χ4v) is 4.88. The number of thioether (sulfide) groups is 1. The van der Waals surface area contributed by atoms with Gasteiger partial charge in [-0.25, -0.2) is 0 Å². The summed E-state index contributed by atoms with van der Waals surface area (Å²) in [5, 5.41) is 24.5. The molecule has 2 fully saturated rings. The van der Waals surface area contributed by atoms with Crippen molar-refractivity contribution in [3.05, 3.63) is 75.1 Å². The van der Waals surface area contributed by atoms with Gasteiger partial charge in [0.15, 0.2) is 6.29 Å². The molecule has 6 atom stereocenters. The van der Waals surface area contributed by atoms with Crippen LogP contribution in [0, 0.1) is 11.3 Å². The second kappa shape index (κ2) is 9.25. The minimum absolute atomic E-state index is 0.201. The zero-order valence-corrected chi connectivity index (χ0v) is 17.1. The van der Waals surface area contributed by atoms with E-state index < -0.39 is 36.1 Å². The Bertz CT molecular complexity index is 998. The van der Waals surface area contributed by atoms with Gasteiger partial charge in [0.2, 0.25) is 0 Å². The summed E-state index contributed by atoms with van der Waals surface area (Å²) in [7, 11) is 0. The lowest BCUT2D eigenvalue weighted by Crippen LogP contribution is -2.60. The molecule has 0 spiro atoms. The summed E-state index contributed by atoms with van der Waals surface area (Å²) in [5.41, 5.74) is 9.48. The van der Waals surface area contributed by atoms with Crippen LogP contribution in [-0.4, -0.2) is 41.5 Å². The molecule has 2 aliphatic rings. The van der Waals surface area contributed by atoms with Crippen LogP contribution >= 0.6 is 23.4 Å². The first kappa shape index (κ1) is 21.0. The minimum Gasteiger partial charge on any atom is -0.389 e. The number of azide groups is 1. The molecule has 2 aromatic rings. The number of aliphatic hydroxyl groups excluding tert-OH is 1. The Morgan fingerprint density at radius 3 is 2.77 bits per heavy atom. The number of ether oxygens (including phenoxy) is 3. The normalized spacial score (nSPS) is 30.6. The second-order valence-electron chi connectivity index (χ2n) is 6.78. The number of hydrogen-bond acceptors (Lipinski definition) is 7. The number of aliphatic hydroxyl groups is 1. The molecule has 0 radical (unpaired) electrons. The highest BCUT2D eigenvalue weighted by Crippen LogP contribution is 2.41. The molecule has 0 aliphatic carbocycles. The molecule has 1 N–H and O–H groups in total. The van der Waals surface area contributed by atoms with Crippen LogP contribution < -0.4 is 0 Å². The summed E-state index contributed by atoms with van der Waals surface area (Å²) in [6, 6.07) is 15.4. The highest BCUT2D eigenvalue weighted by Gasteiger charge is 2.49. The van der Waals surface area contributed by atoms with E-state index >= 15 is 0 Å². The van der Waals surface area contributed by atoms with Crippen molar-refractivity contribution in [2.75, 3.05) is 6.61 Å². The van der Waals surface area contributed by atoms with E-state index in [1.165, 1.54) is 0 Å². The van der Waals surface area contributed by atoms with Crippen LogP contribution in [0.2, 0.25) is 5.02 Å². The van der Waals surface area contributed by atoms with E-state index in [2.05, 4.69) is 16.1 Å². The number of benzene rings is 2. The smallest absolute Gasteiger partial charge is 0.184 e. The van der Waals surface area contributed by atoms with Gasteiger partial charge in [-0.3, -0.25) is 0 Å². The maximum Gasteiger partial charge on any atom is 0.184 e. The Morgan fingerprint density at radius 1 is 1.23 bits per heavy atom. The van der Waals surface area contributed by atoms with Gasteiger partial charge in [0.05, 0.1) is 18.2 Å². The van der Waals surface area contributed by atoms with E-state index in [4.69, 9.17) is 31.3 Å². The van der Waals surface area contributed by atoms with Crippen molar-refractivity contribution in [1.82, 2.24) is 0 Å². The Balaban J connectivity index is 1.57. The first-order valence-corrected chi connectivity index (χ1v) is 10.4. The van der Waals surface area contributed by atoms with Gasteiger partial charge in [-0.05, 0) is 23.7 Å². The standard InChI is InChI=1S/C20H17ClN4O4S/c21-13-7-6-12(9-22)15(8-13)30-20-17(26)16(24-25-23)18-14(28-20)10-27-19(29-18)11-4-2-1-3-5-11/h1-8,14,16-20,26H,10H2/t14-,16-,17-,18+,19?,20-/m1/s1. The molecule has 4 rings (SSSR count). The second-order valence-corrected chi connectivity index (χ2v) is 8.35. The summed E-state index contributed by atoms with van der Waals surface area (Å²) in [4.78, 5) is 3.46. The summed E-state index contributed by atoms with van der Waals surface area (Å²) in [5.74, 6) is 0. The molecule has 0 aromatic heterocycles. The van der Waals surface area contributed by atoms with Crippen molar-refractivity contribution in [3.8, 4) is 6.07 Å². The lowest BCUT2D eigenvalue weighted by Gasteiger charge is -2.46. The van der Waals surface area contributed by atoms with Gasteiger partial charge < -0.3 is 19.3 Å². The Hall–Kier alpha value is -2.28. The van der Waals surface area contributed by atoms with E-state index in [-0.39, 0.29) is 6.61 Å². The third-order valence-corrected chi connectivity index (χ3v) is 6.35. The number of nitriles is 1. The minimum atomic E-state index is -1.16. The van der Waals surface area contributed by atoms with Crippen LogP contribution in [-0.2, 0) is 14.2 Å². The lowest BCUT2D eigenvalue weighted by atomic mass is 9.97. The molecule has 0 bridgehead atoms. The topological polar surface area (TPSA) is 120 Å². The molecule has 2 aliphatic heterocycles. The van der Waals surface area contributed by atoms with Crippen molar-refractivity contribution < 1.29 is 19.3 Å². The monoisotopic (exact) mass is 444 g/mol. The summed E-state index contributed by atoms with van der Waals surface area (Å²) >= 11 is 7.21. The van der Waals surface area contributed by atoms with Crippen LogP contribution in [0.25, 0.3) is 10.4 Å². The predicted molar refractivity (Wildman–Crippen MR) is 110 cm³/mol. The van der Waals surface area contributed by atoms with E-state index in [1.807, 2.05) is 30.3 Å². The van der Waals surface area contributed by atoms with Gasteiger partial charge in [0, 0.05) is 20.4 Å². The molecule has 2 saturated heterocycles. The average molecular weight is 445 g/mol. The maximum absolute atomic E-state index is 10.9. The molecule has 8 nitrogen and oxygen atoms in total. The van der Waals surface area contributed by atoms with Crippen molar-refractivity contribution in [2.24, 2.45) is 5.11 Å². The fourth-order valence-electron chi connectivity index (χ4n) is 3.46. The molecular formula is C20H17ClN4O4S. The van der Waals surface area contributed by atoms with E-state index in [1.54, 1.807) is 18.2 Å². The molecule has 10 heteroatoms. The molecule has 154 valence electrons. The quantitative estimate of drug-likeness (QED) is 0.429. The Labute approximate surface area is 181 Å². The Kier molecular flexibility index (Phi) is 6.46. The SMILES string of the molecule is N#Cc1ccc(Cl)cc1S[C@H]1O[C@@H]2COC(c3ccccc3)O[C@@H]2[C@H](N=[N+]=[N-])[C@H]1O. The van der Waals surface area contributed by atoms with Crippen LogP contribution in [0.1, 0.15) is 17.4 Å². The molecule has 1 unspecified atom stereocenters. The van der Waals surface area contributed by atoms with Crippen LogP contribution in [0.4, 0.5) is 0 Å². The van der Waals surface area contributed by atoms with Crippen molar-refractivity contribution in [2.45, 2.75) is 41.0 Å². The first-order chi connectivity index (χ1) is 14.6. The third-order valence-electron chi connectivity index (χ3n) is 4.90. The van der Waals surface area contributed by atoms with E-state index in [0.29, 0.717) is 15.5 Å². The first-order valence-electron chi connectivity index (χ1n) is 9.16. The van der Waals surface area contributed by atoms with E-state index in [0.717, 1.165) is 17.3 Å². The van der Waals surface area contributed by atoms with E-state index in [9.17, 15) is 10.4 Å². The number of halogens is 1. The van der Waals surface area contributed by atoms with Gasteiger partial charge in [0.1, 0.15) is 29.8 Å². The zero-order valence-electron chi connectivity index (χ0n) is 15.5. The highest BCUT2D eigenvalue weighted by molar-refractivity contribution is 7.99. The summed E-state index contributed by atoms with van der Waals surface area (Å²) in [6.07, 6.45) is -3.04. The highest BCUT2D eigenvalue weighted by atomic mass is 35.5. The van der Waals surface area contributed by atoms with Gasteiger partial charge in [-0.2, -0.15) is 5.26 Å². The molecule has 2 aromatic carbocycles. The van der Waals surface area contributed by atoms with Crippen LogP contribution in [0.3, 0.4) is 0 Å². The van der Waals surface area contributed by atoms with Crippen molar-refractivity contribution >= 4 is 23.4 Å². The molecule has 0 saturated carbocycles. The third kappa shape index (κ3) is 4.26. The maximum atomic E-state index is 10.9. The summed E-state index contributed by atoms with van der Waals surface area (Å²) in [6.45, 7) is 0.201. The van der Waals surface area contributed by atoms with Crippen molar-refractivity contribution in [3.63, 3.8) is 0 Å². The summed E-state index contributed by atoms with van der Waals surface area (Å²) < 4.78 is 17.9. The fraction of sp³-hybridized carbons (Fsp3) is 0.350. The average Bonchev–Trinajstić information content (AvgIpc) is 2.77. The van der Waals surface area contributed by atoms with Gasteiger partial charge in [-0.1, -0.05) is 58.8 Å². The number of rotatable bonds is 4. The zero-order chi connectivity index (χ0) is 21.1. The number of fused-ring (bicyclic) bond motifs is 1. The number of hydrogen-bond donors (Lipinski definition) is 1. The Morgan fingerprint density at radius 2 is 2.03 bits per heavy atom. The van der Waals surface area contributed by atoms with Gasteiger partial charge in [0.25, 0.3) is 0 Å². The van der Waals surface area contributed by atoms with Gasteiger partial charge >= 0.3 is 0 Å². The predicted octanol–water partition coefficient (Wildman–Crippen LogP) is 4.18. The molecule has 30 heavy (non-hydrogen) atoms. The van der Waals surface area contributed by atoms with Gasteiger partial charge in [-0.15, -0.1) is 0 Å².